The molecule has 0 rings (SSSR count). The van der Waals surface area contributed by atoms with Crippen LogP contribution in [0.5, 0.6) is 0 Å². The Morgan fingerprint density at radius 3 is 1.09 bits per heavy atom. The molecule has 0 radical (unpaired) electrons. The number of nitrogens with zero attached hydrogens (tertiary/aromatic N) is 1. The smallest absolute Gasteiger partial charge is 0.652 e. The van der Waals surface area contributed by atoms with E-state index in [1.54, 1.807) is 0 Å². The first-order chi connectivity index (χ1) is 3.46. The summed E-state index contributed by atoms with van der Waals surface area (Å²) in [4.78, 5) is 16.6. The molecule has 0 aromatic rings. The predicted molar refractivity (Wildman–Crippen MR) is 15.8 cm³/mol. The number of hydrogen-bond acceptors (Lipinski definition) is 6. The van der Waals surface area contributed by atoms with E-state index < -0.39 is 11.2 Å². The van der Waals surface area contributed by atoms with Gasteiger partial charge in [-0.15, -0.1) is 0 Å². The van der Waals surface area contributed by atoms with E-state index in [1.165, 1.54) is 0 Å². The summed E-state index contributed by atoms with van der Waals surface area (Å²) in [5.74, 6) is 0. The van der Waals surface area contributed by atoms with Crippen molar-refractivity contribution in [3.8, 4) is 0 Å². The molecule has 0 aliphatic heterocycles. The van der Waals surface area contributed by atoms with Gasteiger partial charge in [0.15, 0.2) is 0 Å². The van der Waals surface area contributed by atoms with E-state index in [2.05, 4.69) is 0 Å². The van der Waals surface area contributed by atoms with Gasteiger partial charge in [-0.05, 0) is 6.16 Å². The largest absolute Gasteiger partial charge is 1.00 e. The third-order valence-corrected chi connectivity index (χ3v) is 0. The Bertz CT molecular complexity index is 78.6. The van der Waals surface area contributed by atoms with E-state index in [-0.39, 0.29) is 122 Å². The Labute approximate surface area is 159 Å². The molecule has 11 heavy (non-hydrogen) atoms. The normalized spacial score (nSPS) is 4.36. The number of hydrogen-bond donors (Lipinski definition) is 0. The summed E-state index contributed by atoms with van der Waals surface area (Å²) in [5, 5.41) is 31.4. The van der Waals surface area contributed by atoms with Crippen molar-refractivity contribution < 1.29 is 142 Å². The Morgan fingerprint density at radius 2 is 1.09 bits per heavy atom. The van der Waals surface area contributed by atoms with Gasteiger partial charge in [-0.3, -0.25) is 0 Å². The number of rotatable bonds is 0. The van der Waals surface area contributed by atoms with Gasteiger partial charge in [0.2, 0.25) is 0 Å². The third-order valence-electron chi connectivity index (χ3n) is 0. The first kappa shape index (κ1) is 29.2. The summed E-state index contributed by atoms with van der Waals surface area (Å²) in [6, 6.07) is 0. The summed E-state index contributed by atoms with van der Waals surface area (Å²) < 4.78 is 0. The molecule has 0 atom stereocenters. The van der Waals surface area contributed by atoms with E-state index in [4.69, 9.17) is 30.3 Å². The van der Waals surface area contributed by atoms with Crippen molar-refractivity contribution >= 4 is 6.16 Å². The van der Waals surface area contributed by atoms with Crippen molar-refractivity contribution in [1.82, 2.24) is 0 Å². The van der Waals surface area contributed by atoms with Crippen molar-refractivity contribution in [1.29, 1.82) is 0 Å². The number of carbonyl (C=O) groups is 1. The summed E-state index contributed by atoms with van der Waals surface area (Å²) in [7, 11) is 0. The average Bonchev–Trinajstić information content (AvgIpc) is 1.25. The second-order valence-electron chi connectivity index (χ2n) is 0.474. The summed E-state index contributed by atoms with van der Waals surface area (Å²) in [6.45, 7) is 0. The Morgan fingerprint density at radius 1 is 1.09 bits per heavy atom. The molecular formula is CK2LiNO6. The maximum atomic E-state index is 8.33. The Kier molecular flexibility index (Phi) is 60.6. The second kappa shape index (κ2) is 22.8. The fraction of sp³-hybridized carbons (Fsp3) is 0. The zero-order valence-corrected chi connectivity index (χ0v) is 12.6. The minimum absolute atomic E-state index is 0. The molecule has 0 aliphatic rings. The SMILES string of the molecule is O=C([O-])[O-].O=[N+]([O-])[O-].[K+].[K+].[Li+]. The van der Waals surface area contributed by atoms with Gasteiger partial charge in [-0.2, -0.15) is 0 Å². The van der Waals surface area contributed by atoms with Crippen molar-refractivity contribution in [2.45, 2.75) is 0 Å². The van der Waals surface area contributed by atoms with Gasteiger partial charge >= 0.3 is 122 Å². The molecule has 0 N–H and O–H groups in total. The van der Waals surface area contributed by atoms with E-state index in [0.717, 1.165) is 0 Å². The predicted octanol–water partition coefficient (Wildman–Crippen LogP) is -11.7. The van der Waals surface area contributed by atoms with Crippen LogP contribution in [-0.4, -0.2) is 11.2 Å². The molecule has 48 valence electrons. The molecule has 10 heteroatoms. The number of carbonyl (C=O) groups excluding carboxylic acids is 1. The third kappa shape index (κ3) is 241. The van der Waals surface area contributed by atoms with E-state index >= 15 is 0 Å². The van der Waals surface area contributed by atoms with Crippen LogP contribution in [0, 0.1) is 15.3 Å². The monoisotopic (exact) mass is 207 g/mol. The van der Waals surface area contributed by atoms with Crippen molar-refractivity contribution in [2.75, 3.05) is 0 Å². The first-order valence-electron chi connectivity index (χ1n) is 1.16. The topological polar surface area (TPSA) is 129 Å². The Hall–Kier alpha value is 2.34. The Balaban J connectivity index is -0.0000000171. The summed E-state index contributed by atoms with van der Waals surface area (Å²) in [6.07, 6.45) is -2.33. The quantitative estimate of drug-likeness (QED) is 0.220. The van der Waals surface area contributed by atoms with Crippen LogP contribution in [0.15, 0.2) is 0 Å². The first-order valence-corrected chi connectivity index (χ1v) is 1.16. The summed E-state index contributed by atoms with van der Waals surface area (Å²) in [5.41, 5.74) is 0. The van der Waals surface area contributed by atoms with E-state index in [1.807, 2.05) is 0 Å². The van der Waals surface area contributed by atoms with Gasteiger partial charge in [-0.1, -0.05) is 0 Å². The van der Waals surface area contributed by atoms with Crippen LogP contribution < -0.4 is 132 Å². The fourth-order valence-corrected chi connectivity index (χ4v) is 0. The fourth-order valence-electron chi connectivity index (χ4n) is 0. The van der Waals surface area contributed by atoms with E-state index in [9.17, 15) is 0 Å². The minimum Gasteiger partial charge on any atom is -0.652 e. The molecular weight excluding hydrogens is 207 g/mol. The molecule has 0 heterocycles. The zero-order chi connectivity index (χ0) is 7.15. The second-order valence-corrected chi connectivity index (χ2v) is 0.474. The maximum absolute atomic E-state index is 8.33. The van der Waals surface area contributed by atoms with Gasteiger partial charge in [0.1, 0.15) is 0 Å². The van der Waals surface area contributed by atoms with Crippen LogP contribution >= 0.6 is 0 Å². The molecule has 0 saturated carbocycles. The maximum Gasteiger partial charge on any atom is 1.00 e. The van der Waals surface area contributed by atoms with Gasteiger partial charge in [0.25, 0.3) is 0 Å². The van der Waals surface area contributed by atoms with Crippen molar-refractivity contribution in [3.63, 3.8) is 0 Å². The zero-order valence-electron chi connectivity index (χ0n) is 6.40. The molecule has 0 spiro atoms. The van der Waals surface area contributed by atoms with Crippen LogP contribution in [0.25, 0.3) is 0 Å². The van der Waals surface area contributed by atoms with Crippen LogP contribution in [0.2, 0.25) is 0 Å². The summed E-state index contributed by atoms with van der Waals surface area (Å²) >= 11 is 0. The standard InChI is InChI=1S/CH2O3.2K.Li.NO3/c2-1(3)4;;;;2-1(3)4/h(H2,2,3,4);;;;/q;3*+1;-1/p-2. The number of carboxylic acid groups (broad SMARTS) is 2. The van der Waals surface area contributed by atoms with Crippen LogP contribution in [0.4, 0.5) is 4.79 Å². The molecule has 7 nitrogen and oxygen atoms in total. The van der Waals surface area contributed by atoms with Crippen LogP contribution in [0.1, 0.15) is 0 Å². The molecule has 0 saturated heterocycles. The molecule has 0 unspecified atom stereocenters. The van der Waals surface area contributed by atoms with Crippen molar-refractivity contribution in [2.24, 2.45) is 0 Å². The molecule has 0 fully saturated rings. The van der Waals surface area contributed by atoms with Crippen LogP contribution in [0.3, 0.4) is 0 Å². The molecule has 0 aliphatic carbocycles. The molecule has 0 amide bonds. The molecule has 0 aromatic heterocycles. The molecule has 0 aromatic carbocycles. The van der Waals surface area contributed by atoms with Gasteiger partial charge in [0.05, 0.1) is 5.09 Å². The van der Waals surface area contributed by atoms with Gasteiger partial charge in [0, 0.05) is 0 Å². The van der Waals surface area contributed by atoms with Gasteiger partial charge < -0.3 is 30.3 Å². The molecule has 0 bridgehead atoms. The average molecular weight is 207 g/mol. The van der Waals surface area contributed by atoms with E-state index in [0.29, 0.717) is 0 Å². The van der Waals surface area contributed by atoms with Crippen LogP contribution in [-0.2, 0) is 0 Å². The minimum atomic E-state index is -2.33. The van der Waals surface area contributed by atoms with Crippen molar-refractivity contribution in [3.05, 3.63) is 15.3 Å². The van der Waals surface area contributed by atoms with Gasteiger partial charge in [-0.25, -0.2) is 0 Å².